The number of aromatic nitrogens is 5. The Bertz CT molecular complexity index is 1550. The summed E-state index contributed by atoms with van der Waals surface area (Å²) >= 11 is 0. The second-order valence-corrected chi connectivity index (χ2v) is 8.75. The predicted octanol–water partition coefficient (Wildman–Crippen LogP) is 3.92. The number of rotatable bonds is 8. The summed E-state index contributed by atoms with van der Waals surface area (Å²) in [7, 11) is 0. The van der Waals surface area contributed by atoms with Gasteiger partial charge in [-0.15, -0.1) is 0 Å². The van der Waals surface area contributed by atoms with Gasteiger partial charge in [0.25, 0.3) is 5.91 Å². The van der Waals surface area contributed by atoms with Crippen LogP contribution in [0, 0.1) is 19.7 Å². The number of pyridine rings is 3. The molecule has 10 nitrogen and oxygen atoms in total. The zero-order chi connectivity index (χ0) is 27.9. The van der Waals surface area contributed by atoms with Crippen LogP contribution in [-0.2, 0) is 6.54 Å². The zero-order valence-corrected chi connectivity index (χ0v) is 21.8. The van der Waals surface area contributed by atoms with Crippen molar-refractivity contribution in [1.29, 1.82) is 0 Å². The van der Waals surface area contributed by atoms with E-state index in [1.54, 1.807) is 43.5 Å². The standard InChI is InChI=1S/C28H28FN9O/c1-4-21(30)11-25(31)37-26-9-16(2)36-27(38-26)19-6-8-24(34-14-19)28(39)35-13-18-5-7-23(33-12-18)22-10-20(29)15-32-17(22)3/h5-12,14-15H,4,13,30H2,1-3H3,(H,35,39)(H2,31,36,37,38)/b21-11-. The fourth-order valence-corrected chi connectivity index (χ4v) is 3.58. The molecule has 0 saturated heterocycles. The van der Waals surface area contributed by atoms with E-state index in [0.717, 1.165) is 5.56 Å². The van der Waals surface area contributed by atoms with Crippen LogP contribution in [0.4, 0.5) is 10.2 Å². The van der Waals surface area contributed by atoms with Crippen LogP contribution in [0.2, 0.25) is 0 Å². The SMILES string of the molecule is CC/C(N)=C/C(N)=Nc1cc(C)nc(-c2ccc(C(=O)NCc3ccc(-c4cc(F)cnc4C)nc3)nc2)n1. The van der Waals surface area contributed by atoms with Crippen molar-refractivity contribution in [3.05, 3.63) is 95.2 Å². The van der Waals surface area contributed by atoms with E-state index in [0.29, 0.717) is 52.0 Å². The largest absolute Gasteiger partial charge is 0.402 e. The summed E-state index contributed by atoms with van der Waals surface area (Å²) in [6, 6.07) is 10.00. The number of nitrogens with one attached hydrogen (secondary N) is 1. The highest BCUT2D eigenvalue weighted by atomic mass is 19.1. The van der Waals surface area contributed by atoms with Gasteiger partial charge in [-0.2, -0.15) is 0 Å². The summed E-state index contributed by atoms with van der Waals surface area (Å²) < 4.78 is 13.6. The lowest BCUT2D eigenvalue weighted by molar-refractivity contribution is 0.0946. The Morgan fingerprint density at radius 1 is 1.03 bits per heavy atom. The van der Waals surface area contributed by atoms with Gasteiger partial charge in [0.1, 0.15) is 17.3 Å². The smallest absolute Gasteiger partial charge is 0.270 e. The zero-order valence-electron chi connectivity index (χ0n) is 21.8. The van der Waals surface area contributed by atoms with Gasteiger partial charge in [0.05, 0.1) is 11.9 Å². The van der Waals surface area contributed by atoms with Crippen molar-refractivity contribution in [2.45, 2.75) is 33.7 Å². The van der Waals surface area contributed by atoms with Crippen LogP contribution in [0.5, 0.6) is 0 Å². The van der Waals surface area contributed by atoms with Crippen LogP contribution in [0.15, 0.2) is 71.8 Å². The molecule has 0 spiro atoms. The first-order valence-electron chi connectivity index (χ1n) is 12.2. The highest BCUT2D eigenvalue weighted by molar-refractivity contribution is 5.93. The number of allylic oxidation sites excluding steroid dienone is 1. The van der Waals surface area contributed by atoms with Crippen LogP contribution in [-0.4, -0.2) is 36.7 Å². The maximum Gasteiger partial charge on any atom is 0.270 e. The van der Waals surface area contributed by atoms with Crippen molar-refractivity contribution in [3.8, 4) is 22.6 Å². The Morgan fingerprint density at radius 2 is 1.85 bits per heavy atom. The van der Waals surface area contributed by atoms with Gasteiger partial charge in [-0.1, -0.05) is 13.0 Å². The quantitative estimate of drug-likeness (QED) is 0.231. The molecule has 4 aromatic heterocycles. The Labute approximate surface area is 225 Å². The van der Waals surface area contributed by atoms with Gasteiger partial charge in [0.2, 0.25) is 0 Å². The summed E-state index contributed by atoms with van der Waals surface area (Å²) in [4.78, 5) is 38.5. The number of nitrogens with zero attached hydrogens (tertiary/aromatic N) is 6. The van der Waals surface area contributed by atoms with E-state index in [1.165, 1.54) is 18.5 Å². The summed E-state index contributed by atoms with van der Waals surface area (Å²) in [5.41, 5.74) is 16.6. The van der Waals surface area contributed by atoms with E-state index in [-0.39, 0.29) is 24.0 Å². The molecule has 0 unspecified atom stereocenters. The van der Waals surface area contributed by atoms with Gasteiger partial charge >= 0.3 is 0 Å². The molecule has 0 saturated carbocycles. The number of aryl methyl sites for hydroxylation is 2. The first kappa shape index (κ1) is 27.0. The molecule has 0 fully saturated rings. The Morgan fingerprint density at radius 3 is 2.54 bits per heavy atom. The molecule has 0 atom stereocenters. The van der Waals surface area contributed by atoms with Gasteiger partial charge in [0, 0.05) is 53.2 Å². The molecule has 4 rings (SSSR count). The highest BCUT2D eigenvalue weighted by Gasteiger charge is 2.11. The fourth-order valence-electron chi connectivity index (χ4n) is 3.58. The second kappa shape index (κ2) is 12.0. The highest BCUT2D eigenvalue weighted by Crippen LogP contribution is 2.21. The Hall–Kier alpha value is -5.06. The molecule has 0 aliphatic rings. The lowest BCUT2D eigenvalue weighted by Crippen LogP contribution is -2.23. The average Bonchev–Trinajstić information content (AvgIpc) is 2.93. The number of carbonyl (C=O) groups is 1. The molecule has 1 amide bonds. The van der Waals surface area contributed by atoms with Gasteiger partial charge < -0.3 is 16.8 Å². The molecule has 11 heteroatoms. The molecule has 4 aromatic rings. The number of aliphatic imine (C=N–C) groups is 1. The first-order chi connectivity index (χ1) is 18.7. The number of hydrogen-bond donors (Lipinski definition) is 3. The van der Waals surface area contributed by atoms with Crippen LogP contribution in [0.3, 0.4) is 0 Å². The molecular formula is C28H28FN9O. The van der Waals surface area contributed by atoms with Crippen molar-refractivity contribution in [1.82, 2.24) is 30.2 Å². The molecule has 0 aliphatic carbocycles. The molecule has 4 heterocycles. The van der Waals surface area contributed by atoms with E-state index >= 15 is 0 Å². The summed E-state index contributed by atoms with van der Waals surface area (Å²) in [6.07, 6.45) is 6.59. The maximum absolute atomic E-state index is 13.6. The Kier molecular flexibility index (Phi) is 8.30. The van der Waals surface area contributed by atoms with E-state index in [1.807, 2.05) is 19.9 Å². The third kappa shape index (κ3) is 7.04. The van der Waals surface area contributed by atoms with Gasteiger partial charge in [-0.3, -0.25) is 19.7 Å². The van der Waals surface area contributed by atoms with Gasteiger partial charge in [-0.05, 0) is 56.2 Å². The summed E-state index contributed by atoms with van der Waals surface area (Å²) in [6.45, 7) is 5.78. The molecule has 0 bridgehead atoms. The number of nitrogens with two attached hydrogens (primary N) is 2. The lowest BCUT2D eigenvalue weighted by atomic mass is 10.1. The second-order valence-electron chi connectivity index (χ2n) is 8.75. The topological polar surface area (TPSA) is 158 Å². The van der Waals surface area contributed by atoms with E-state index in [9.17, 15) is 9.18 Å². The molecule has 0 aromatic carbocycles. The van der Waals surface area contributed by atoms with Gasteiger partial charge in [-0.25, -0.2) is 19.4 Å². The lowest BCUT2D eigenvalue weighted by Gasteiger charge is -2.08. The van der Waals surface area contributed by atoms with Crippen LogP contribution >= 0.6 is 0 Å². The van der Waals surface area contributed by atoms with E-state index in [4.69, 9.17) is 11.5 Å². The van der Waals surface area contributed by atoms with E-state index in [2.05, 4.69) is 35.2 Å². The number of amides is 1. The third-order valence-corrected chi connectivity index (χ3v) is 5.69. The molecule has 0 radical (unpaired) electrons. The molecule has 5 N–H and O–H groups in total. The van der Waals surface area contributed by atoms with Crippen molar-refractivity contribution in [3.63, 3.8) is 0 Å². The summed E-state index contributed by atoms with van der Waals surface area (Å²) in [5.74, 6) is 0.267. The van der Waals surface area contributed by atoms with Gasteiger partial charge in [0.15, 0.2) is 11.6 Å². The number of carbonyl (C=O) groups excluding carboxylic acids is 1. The molecule has 198 valence electrons. The number of halogens is 1. The van der Waals surface area contributed by atoms with Crippen LogP contribution < -0.4 is 16.8 Å². The number of hydrogen-bond acceptors (Lipinski definition) is 8. The molecular weight excluding hydrogens is 497 g/mol. The fraction of sp³-hybridized carbons (Fsp3) is 0.179. The number of amidine groups is 1. The van der Waals surface area contributed by atoms with Crippen molar-refractivity contribution < 1.29 is 9.18 Å². The molecule has 39 heavy (non-hydrogen) atoms. The summed E-state index contributed by atoms with van der Waals surface area (Å²) in [5, 5.41) is 2.82. The normalized spacial score (nSPS) is 11.9. The van der Waals surface area contributed by atoms with Crippen LogP contribution in [0.25, 0.3) is 22.6 Å². The minimum atomic E-state index is -0.426. The molecule has 0 aliphatic heterocycles. The average molecular weight is 526 g/mol. The Balaban J connectivity index is 1.42. The van der Waals surface area contributed by atoms with Crippen LogP contribution in [0.1, 0.15) is 40.8 Å². The maximum atomic E-state index is 13.6. The van der Waals surface area contributed by atoms with E-state index < -0.39 is 5.82 Å². The van der Waals surface area contributed by atoms with Crippen molar-refractivity contribution >= 4 is 17.6 Å². The minimum Gasteiger partial charge on any atom is -0.402 e. The third-order valence-electron chi connectivity index (χ3n) is 5.69. The first-order valence-corrected chi connectivity index (χ1v) is 12.2. The van der Waals surface area contributed by atoms with Crippen molar-refractivity contribution in [2.24, 2.45) is 16.5 Å². The van der Waals surface area contributed by atoms with Crippen molar-refractivity contribution in [2.75, 3.05) is 0 Å². The predicted molar refractivity (Wildman–Crippen MR) is 147 cm³/mol. The monoisotopic (exact) mass is 525 g/mol. The minimum absolute atomic E-state index is 0.236.